The Bertz CT molecular complexity index is 272. The lowest BCUT2D eigenvalue weighted by Gasteiger charge is -1.99. The van der Waals surface area contributed by atoms with Gasteiger partial charge in [0.1, 0.15) is 0 Å². The predicted octanol–water partition coefficient (Wildman–Crippen LogP) is 3.71. The molecule has 0 unspecified atom stereocenters. The van der Waals surface area contributed by atoms with E-state index in [1.807, 2.05) is 32.1 Å². The molecule has 84 valence electrons. The Hall–Kier alpha value is -1.31. The lowest BCUT2D eigenvalue weighted by atomic mass is 10.1. The monoisotopic (exact) mass is 208 g/mol. The molecule has 0 aliphatic rings. The number of hydrogen-bond donors (Lipinski definition) is 1. The fourth-order valence-electron chi connectivity index (χ4n) is 1.06. The number of hydrogen-bond acceptors (Lipinski definition) is 1. The van der Waals surface area contributed by atoms with Crippen molar-refractivity contribution in [2.24, 2.45) is 0 Å². The number of allylic oxidation sites excluding steroid dienone is 5. The minimum Gasteiger partial charge on any atom is -0.481 e. The van der Waals surface area contributed by atoms with Crippen LogP contribution in [0.3, 0.4) is 0 Å². The van der Waals surface area contributed by atoms with Gasteiger partial charge in [0, 0.05) is 6.42 Å². The summed E-state index contributed by atoms with van der Waals surface area (Å²) >= 11 is 0. The molecule has 0 saturated heterocycles. The maximum atomic E-state index is 10.3. The van der Waals surface area contributed by atoms with Crippen molar-refractivity contribution >= 4 is 5.97 Å². The van der Waals surface area contributed by atoms with Crippen LogP contribution in [-0.2, 0) is 4.79 Å². The number of rotatable bonds is 7. The number of aliphatic carboxylic acids is 1. The molecule has 0 amide bonds. The molecule has 0 aliphatic heterocycles. The van der Waals surface area contributed by atoms with Crippen molar-refractivity contribution in [3.05, 3.63) is 36.0 Å². The molecule has 2 nitrogen and oxygen atoms in total. The van der Waals surface area contributed by atoms with Crippen molar-refractivity contribution in [2.75, 3.05) is 0 Å². The molecule has 1 N–H and O–H groups in total. The number of carboxylic acids is 1. The van der Waals surface area contributed by atoms with E-state index < -0.39 is 5.97 Å². The Morgan fingerprint density at radius 2 is 1.87 bits per heavy atom. The zero-order chi connectivity index (χ0) is 11.7. The van der Waals surface area contributed by atoms with E-state index in [9.17, 15) is 4.79 Å². The van der Waals surface area contributed by atoms with Gasteiger partial charge in [0.25, 0.3) is 0 Å². The first kappa shape index (κ1) is 13.7. The van der Waals surface area contributed by atoms with Gasteiger partial charge in [0.2, 0.25) is 0 Å². The summed E-state index contributed by atoms with van der Waals surface area (Å²) in [6, 6.07) is 0. The minimum atomic E-state index is -0.721. The van der Waals surface area contributed by atoms with Crippen LogP contribution in [0.25, 0.3) is 0 Å². The summed E-state index contributed by atoms with van der Waals surface area (Å²) in [6.45, 7) is 7.95. The third-order valence-corrected chi connectivity index (χ3v) is 2.18. The number of unbranched alkanes of at least 4 members (excludes halogenated alkanes) is 1. The van der Waals surface area contributed by atoms with Crippen molar-refractivity contribution in [3.8, 4) is 0 Å². The smallest absolute Gasteiger partial charge is 0.303 e. The molecular weight excluding hydrogens is 188 g/mol. The first-order valence-electron chi connectivity index (χ1n) is 5.27. The van der Waals surface area contributed by atoms with Gasteiger partial charge in [-0.25, -0.2) is 0 Å². The lowest BCUT2D eigenvalue weighted by Crippen LogP contribution is -1.93. The summed E-state index contributed by atoms with van der Waals surface area (Å²) in [7, 11) is 0. The van der Waals surface area contributed by atoms with E-state index in [1.54, 1.807) is 0 Å². The maximum Gasteiger partial charge on any atom is 0.303 e. The Kier molecular flexibility index (Phi) is 7.33. The molecule has 0 aromatic carbocycles. The largest absolute Gasteiger partial charge is 0.481 e. The van der Waals surface area contributed by atoms with Gasteiger partial charge in [0.05, 0.1) is 0 Å². The SMILES string of the molecule is C=C(/C=C\C(C)=C/C)CCCCC(=O)O. The van der Waals surface area contributed by atoms with Crippen molar-refractivity contribution in [1.29, 1.82) is 0 Å². The van der Waals surface area contributed by atoms with Crippen molar-refractivity contribution in [1.82, 2.24) is 0 Å². The van der Waals surface area contributed by atoms with Crippen LogP contribution < -0.4 is 0 Å². The summed E-state index contributed by atoms with van der Waals surface area (Å²) in [6.07, 6.45) is 8.81. The van der Waals surface area contributed by atoms with Crippen LogP contribution in [0.1, 0.15) is 39.5 Å². The summed E-state index contributed by atoms with van der Waals surface area (Å²) in [5, 5.41) is 8.44. The van der Waals surface area contributed by atoms with Gasteiger partial charge >= 0.3 is 5.97 Å². The van der Waals surface area contributed by atoms with Crippen molar-refractivity contribution < 1.29 is 9.90 Å². The molecule has 15 heavy (non-hydrogen) atoms. The zero-order valence-electron chi connectivity index (χ0n) is 9.62. The molecule has 0 bridgehead atoms. The highest BCUT2D eigenvalue weighted by Gasteiger charge is 1.96. The van der Waals surface area contributed by atoms with E-state index in [1.165, 1.54) is 5.57 Å². The van der Waals surface area contributed by atoms with Gasteiger partial charge in [-0.15, -0.1) is 0 Å². The topological polar surface area (TPSA) is 37.3 Å². The molecule has 0 rings (SSSR count). The molecule has 0 aliphatic carbocycles. The van der Waals surface area contributed by atoms with E-state index in [4.69, 9.17) is 5.11 Å². The van der Waals surface area contributed by atoms with Gasteiger partial charge in [-0.2, -0.15) is 0 Å². The molecule has 0 radical (unpaired) electrons. The van der Waals surface area contributed by atoms with E-state index in [-0.39, 0.29) is 6.42 Å². The normalized spacial score (nSPS) is 12.0. The Morgan fingerprint density at radius 1 is 1.27 bits per heavy atom. The van der Waals surface area contributed by atoms with E-state index >= 15 is 0 Å². The van der Waals surface area contributed by atoms with Crippen molar-refractivity contribution in [3.63, 3.8) is 0 Å². The highest BCUT2D eigenvalue weighted by molar-refractivity contribution is 5.66. The Labute approximate surface area is 92.0 Å². The average molecular weight is 208 g/mol. The predicted molar refractivity (Wildman–Crippen MR) is 63.8 cm³/mol. The number of carboxylic acid groups (broad SMARTS) is 1. The molecule has 0 saturated carbocycles. The standard InChI is InChI=1S/C13H20O2/c1-4-11(2)9-10-12(3)7-5-6-8-13(14)15/h4,9-10H,3,5-8H2,1-2H3,(H,14,15)/b10-9-,11-4-. The molecule has 0 aromatic rings. The molecule has 0 aromatic heterocycles. The third kappa shape index (κ3) is 9.01. The van der Waals surface area contributed by atoms with Crippen LogP contribution in [0.4, 0.5) is 0 Å². The van der Waals surface area contributed by atoms with Gasteiger partial charge in [-0.1, -0.05) is 36.0 Å². The molecule has 0 atom stereocenters. The second-order valence-corrected chi connectivity index (χ2v) is 3.63. The second-order valence-electron chi connectivity index (χ2n) is 3.63. The minimum absolute atomic E-state index is 0.255. The van der Waals surface area contributed by atoms with E-state index in [0.29, 0.717) is 0 Å². The molecular formula is C13H20O2. The van der Waals surface area contributed by atoms with Gasteiger partial charge in [0.15, 0.2) is 0 Å². The second kappa shape index (κ2) is 8.04. The quantitative estimate of drug-likeness (QED) is 0.511. The average Bonchev–Trinajstić information content (AvgIpc) is 2.20. The fraction of sp³-hybridized carbons (Fsp3) is 0.462. The summed E-state index contributed by atoms with van der Waals surface area (Å²) in [4.78, 5) is 10.3. The first-order chi connectivity index (χ1) is 7.06. The van der Waals surface area contributed by atoms with Crippen LogP contribution in [0.5, 0.6) is 0 Å². The highest BCUT2D eigenvalue weighted by atomic mass is 16.4. The zero-order valence-corrected chi connectivity index (χ0v) is 9.62. The molecule has 0 heterocycles. The van der Waals surface area contributed by atoms with Crippen molar-refractivity contribution in [2.45, 2.75) is 39.5 Å². The lowest BCUT2D eigenvalue weighted by molar-refractivity contribution is -0.137. The Morgan fingerprint density at radius 3 is 2.40 bits per heavy atom. The van der Waals surface area contributed by atoms with E-state index in [2.05, 4.69) is 6.58 Å². The number of carbonyl (C=O) groups is 1. The maximum absolute atomic E-state index is 10.3. The summed E-state index contributed by atoms with van der Waals surface area (Å²) in [5.74, 6) is -0.721. The van der Waals surface area contributed by atoms with Crippen LogP contribution in [-0.4, -0.2) is 11.1 Å². The summed E-state index contributed by atoms with van der Waals surface area (Å²) < 4.78 is 0. The van der Waals surface area contributed by atoms with Crippen LogP contribution >= 0.6 is 0 Å². The van der Waals surface area contributed by atoms with Gasteiger partial charge in [-0.05, 0) is 33.1 Å². The molecule has 2 heteroatoms. The summed E-state index contributed by atoms with van der Waals surface area (Å²) in [5.41, 5.74) is 2.27. The van der Waals surface area contributed by atoms with Crippen LogP contribution in [0.15, 0.2) is 36.0 Å². The van der Waals surface area contributed by atoms with Crippen LogP contribution in [0.2, 0.25) is 0 Å². The van der Waals surface area contributed by atoms with Gasteiger partial charge in [-0.3, -0.25) is 4.79 Å². The van der Waals surface area contributed by atoms with E-state index in [0.717, 1.165) is 24.8 Å². The first-order valence-corrected chi connectivity index (χ1v) is 5.27. The Balaban J connectivity index is 3.67. The molecule has 0 spiro atoms. The molecule has 0 fully saturated rings. The highest BCUT2D eigenvalue weighted by Crippen LogP contribution is 2.09. The van der Waals surface area contributed by atoms with Crippen LogP contribution in [0, 0.1) is 0 Å². The fourth-order valence-corrected chi connectivity index (χ4v) is 1.06. The third-order valence-electron chi connectivity index (χ3n) is 2.18. The van der Waals surface area contributed by atoms with Gasteiger partial charge < -0.3 is 5.11 Å².